The standard InChI is InChI=1S/C23H26F2O4/c24-18-12-10-17(11-13-18)20-15-14-19(16-21(20)25)29-23(28)9-7-5-3-1-2-4-6-8-22(26)27/h10-16H,1-9H2,(H,26,27). The first-order valence-corrected chi connectivity index (χ1v) is 9.93. The van der Waals surface area contributed by atoms with E-state index in [-0.39, 0.29) is 18.6 Å². The van der Waals surface area contributed by atoms with Crippen molar-refractivity contribution in [1.82, 2.24) is 0 Å². The number of aliphatic carboxylic acids is 1. The predicted molar refractivity (Wildman–Crippen MR) is 107 cm³/mol. The lowest BCUT2D eigenvalue weighted by Gasteiger charge is -2.08. The fourth-order valence-corrected chi connectivity index (χ4v) is 3.03. The van der Waals surface area contributed by atoms with Crippen molar-refractivity contribution in [2.45, 2.75) is 57.8 Å². The second-order valence-electron chi connectivity index (χ2n) is 6.99. The first kappa shape index (κ1) is 22.5. The van der Waals surface area contributed by atoms with Crippen molar-refractivity contribution < 1.29 is 28.2 Å². The van der Waals surface area contributed by atoms with Gasteiger partial charge in [0, 0.05) is 24.5 Å². The van der Waals surface area contributed by atoms with Crippen molar-refractivity contribution in [2.75, 3.05) is 0 Å². The Hall–Kier alpha value is -2.76. The number of carboxylic acids is 1. The minimum absolute atomic E-state index is 0.150. The first-order valence-electron chi connectivity index (χ1n) is 9.93. The van der Waals surface area contributed by atoms with E-state index in [0.717, 1.165) is 38.2 Å². The molecule has 29 heavy (non-hydrogen) atoms. The van der Waals surface area contributed by atoms with E-state index < -0.39 is 23.6 Å². The van der Waals surface area contributed by atoms with Crippen LogP contribution in [0.3, 0.4) is 0 Å². The molecule has 0 aliphatic rings. The molecule has 0 fully saturated rings. The van der Waals surface area contributed by atoms with Gasteiger partial charge < -0.3 is 9.84 Å². The van der Waals surface area contributed by atoms with Gasteiger partial charge in [-0.05, 0) is 42.7 Å². The van der Waals surface area contributed by atoms with Gasteiger partial charge >= 0.3 is 11.9 Å². The lowest BCUT2D eigenvalue weighted by molar-refractivity contribution is -0.137. The lowest BCUT2D eigenvalue weighted by atomic mass is 10.0. The van der Waals surface area contributed by atoms with E-state index in [0.29, 0.717) is 24.0 Å². The van der Waals surface area contributed by atoms with Crippen molar-refractivity contribution in [3.63, 3.8) is 0 Å². The van der Waals surface area contributed by atoms with Gasteiger partial charge in [0.25, 0.3) is 0 Å². The molecule has 0 radical (unpaired) electrons. The van der Waals surface area contributed by atoms with E-state index in [4.69, 9.17) is 9.84 Å². The van der Waals surface area contributed by atoms with Crippen LogP contribution >= 0.6 is 0 Å². The fourth-order valence-electron chi connectivity index (χ4n) is 3.03. The van der Waals surface area contributed by atoms with Crippen LogP contribution in [-0.2, 0) is 9.59 Å². The maximum Gasteiger partial charge on any atom is 0.311 e. The summed E-state index contributed by atoms with van der Waals surface area (Å²) in [4.78, 5) is 22.3. The second-order valence-corrected chi connectivity index (χ2v) is 6.99. The number of hydrogen-bond donors (Lipinski definition) is 1. The Morgan fingerprint density at radius 3 is 1.97 bits per heavy atom. The van der Waals surface area contributed by atoms with Crippen molar-refractivity contribution in [2.24, 2.45) is 0 Å². The molecule has 6 heteroatoms. The molecule has 0 unspecified atom stereocenters. The summed E-state index contributed by atoms with van der Waals surface area (Å²) in [5.74, 6) is -1.94. The highest BCUT2D eigenvalue weighted by Crippen LogP contribution is 2.26. The zero-order valence-corrected chi connectivity index (χ0v) is 16.3. The smallest absolute Gasteiger partial charge is 0.311 e. The molecule has 2 rings (SSSR count). The zero-order valence-electron chi connectivity index (χ0n) is 16.3. The molecule has 2 aromatic carbocycles. The number of carbonyl (C=O) groups is 2. The van der Waals surface area contributed by atoms with Gasteiger partial charge in [-0.15, -0.1) is 0 Å². The zero-order chi connectivity index (χ0) is 21.1. The Bertz CT molecular complexity index is 803. The van der Waals surface area contributed by atoms with Crippen LogP contribution in [0.1, 0.15) is 57.8 Å². The molecule has 0 aliphatic heterocycles. The molecular weight excluding hydrogens is 378 g/mol. The van der Waals surface area contributed by atoms with Crippen LogP contribution in [0, 0.1) is 11.6 Å². The van der Waals surface area contributed by atoms with Crippen molar-refractivity contribution in [3.8, 4) is 16.9 Å². The molecule has 0 aromatic heterocycles. The number of carbonyl (C=O) groups excluding carboxylic acids is 1. The molecule has 0 saturated heterocycles. The van der Waals surface area contributed by atoms with Gasteiger partial charge in [-0.25, -0.2) is 8.78 Å². The average molecular weight is 404 g/mol. The van der Waals surface area contributed by atoms with Gasteiger partial charge in [-0.2, -0.15) is 0 Å². The van der Waals surface area contributed by atoms with Gasteiger partial charge in [0.05, 0.1) is 0 Å². The maximum absolute atomic E-state index is 14.3. The van der Waals surface area contributed by atoms with Crippen LogP contribution in [0.2, 0.25) is 0 Å². The van der Waals surface area contributed by atoms with E-state index in [9.17, 15) is 18.4 Å². The highest BCUT2D eigenvalue weighted by molar-refractivity contribution is 5.73. The summed E-state index contributed by atoms with van der Waals surface area (Å²) < 4.78 is 32.5. The number of benzene rings is 2. The summed E-state index contributed by atoms with van der Waals surface area (Å²) in [7, 11) is 0. The molecule has 0 spiro atoms. The summed E-state index contributed by atoms with van der Waals surface area (Å²) in [6.07, 6.45) is 6.70. The molecule has 4 nitrogen and oxygen atoms in total. The molecule has 0 saturated carbocycles. The Balaban J connectivity index is 1.67. The van der Waals surface area contributed by atoms with Crippen LogP contribution in [-0.4, -0.2) is 17.0 Å². The van der Waals surface area contributed by atoms with Crippen molar-refractivity contribution in [1.29, 1.82) is 0 Å². The summed E-state index contributed by atoms with van der Waals surface area (Å²) >= 11 is 0. The molecule has 0 bridgehead atoms. The van der Waals surface area contributed by atoms with Crippen LogP contribution in [0.15, 0.2) is 42.5 Å². The Kier molecular flexibility index (Phi) is 9.28. The highest BCUT2D eigenvalue weighted by atomic mass is 19.1. The first-order chi connectivity index (χ1) is 14.0. The number of esters is 1. The third kappa shape index (κ3) is 8.42. The molecule has 2 aromatic rings. The number of carboxylic acid groups (broad SMARTS) is 1. The van der Waals surface area contributed by atoms with E-state index in [1.165, 1.54) is 36.4 Å². The fraction of sp³-hybridized carbons (Fsp3) is 0.391. The van der Waals surface area contributed by atoms with E-state index in [2.05, 4.69) is 0 Å². The van der Waals surface area contributed by atoms with E-state index in [1.54, 1.807) is 0 Å². The maximum atomic E-state index is 14.3. The van der Waals surface area contributed by atoms with Crippen molar-refractivity contribution in [3.05, 3.63) is 54.1 Å². The van der Waals surface area contributed by atoms with Crippen LogP contribution in [0.25, 0.3) is 11.1 Å². The van der Waals surface area contributed by atoms with Gasteiger partial charge in [-0.1, -0.05) is 44.2 Å². The Labute approximate surface area is 169 Å². The monoisotopic (exact) mass is 404 g/mol. The number of rotatable bonds is 12. The molecule has 0 aliphatic carbocycles. The van der Waals surface area contributed by atoms with Crippen LogP contribution in [0.4, 0.5) is 8.78 Å². The Morgan fingerprint density at radius 1 is 0.793 bits per heavy atom. The predicted octanol–water partition coefficient (Wildman–Crippen LogP) is 6.13. The summed E-state index contributed by atoms with van der Waals surface area (Å²) in [6.45, 7) is 0. The van der Waals surface area contributed by atoms with Gasteiger partial charge in [0.1, 0.15) is 17.4 Å². The minimum atomic E-state index is -0.756. The third-order valence-corrected chi connectivity index (χ3v) is 4.60. The molecule has 1 N–H and O–H groups in total. The lowest BCUT2D eigenvalue weighted by Crippen LogP contribution is -2.07. The normalized spacial score (nSPS) is 10.7. The molecule has 0 atom stereocenters. The third-order valence-electron chi connectivity index (χ3n) is 4.60. The minimum Gasteiger partial charge on any atom is -0.481 e. The Morgan fingerprint density at radius 2 is 1.38 bits per heavy atom. The number of unbranched alkanes of at least 4 members (excludes halogenated alkanes) is 6. The summed E-state index contributed by atoms with van der Waals surface area (Å²) in [6, 6.07) is 9.70. The highest BCUT2D eigenvalue weighted by Gasteiger charge is 2.10. The molecule has 156 valence electrons. The van der Waals surface area contributed by atoms with Gasteiger partial charge in [-0.3, -0.25) is 9.59 Å². The van der Waals surface area contributed by atoms with E-state index in [1.807, 2.05) is 0 Å². The van der Waals surface area contributed by atoms with Gasteiger partial charge in [0.15, 0.2) is 0 Å². The largest absolute Gasteiger partial charge is 0.481 e. The summed E-state index contributed by atoms with van der Waals surface area (Å²) in [5, 5.41) is 8.56. The second kappa shape index (κ2) is 11.9. The molecule has 0 heterocycles. The van der Waals surface area contributed by atoms with Crippen molar-refractivity contribution >= 4 is 11.9 Å². The SMILES string of the molecule is O=C(O)CCCCCCCCCC(=O)Oc1ccc(-c2ccc(F)cc2)c(F)c1. The van der Waals surface area contributed by atoms with E-state index >= 15 is 0 Å². The van der Waals surface area contributed by atoms with Gasteiger partial charge in [0.2, 0.25) is 0 Å². The average Bonchev–Trinajstić information content (AvgIpc) is 2.67. The van der Waals surface area contributed by atoms with Crippen LogP contribution < -0.4 is 4.74 Å². The van der Waals surface area contributed by atoms with Crippen LogP contribution in [0.5, 0.6) is 5.75 Å². The number of hydrogen-bond acceptors (Lipinski definition) is 3. The number of ether oxygens (including phenoxy) is 1. The topological polar surface area (TPSA) is 63.6 Å². The quantitative estimate of drug-likeness (QED) is 0.262. The summed E-state index contributed by atoms with van der Waals surface area (Å²) in [5.41, 5.74) is 0.859. The molecular formula is C23H26F2O4. The number of halogens is 2. The molecule has 0 amide bonds.